The van der Waals surface area contributed by atoms with Crippen molar-refractivity contribution in [3.05, 3.63) is 34.9 Å². The zero-order valence-corrected chi connectivity index (χ0v) is 11.6. The van der Waals surface area contributed by atoms with Crippen molar-refractivity contribution in [2.24, 2.45) is 5.92 Å². The summed E-state index contributed by atoms with van der Waals surface area (Å²) in [5.41, 5.74) is 0.968. The Balaban J connectivity index is 1.97. The van der Waals surface area contributed by atoms with Crippen LogP contribution in [-0.4, -0.2) is 23.8 Å². The molecule has 2 unspecified atom stereocenters. The third-order valence-corrected chi connectivity index (χ3v) is 3.78. The van der Waals surface area contributed by atoms with Gasteiger partial charge in [-0.05, 0) is 49.8 Å². The van der Waals surface area contributed by atoms with Crippen LogP contribution in [0.3, 0.4) is 0 Å². The van der Waals surface area contributed by atoms with Crippen molar-refractivity contribution in [1.82, 2.24) is 0 Å². The van der Waals surface area contributed by atoms with Gasteiger partial charge in [0, 0.05) is 11.6 Å². The van der Waals surface area contributed by atoms with Gasteiger partial charge in [0.25, 0.3) is 0 Å². The molecule has 1 aliphatic heterocycles. The fourth-order valence-corrected chi connectivity index (χ4v) is 2.74. The number of carboxylic acid groups (broad SMARTS) is 1. The minimum Gasteiger partial charge on any atom is -0.481 e. The first-order valence-corrected chi connectivity index (χ1v) is 7.12. The van der Waals surface area contributed by atoms with Gasteiger partial charge in [-0.25, -0.2) is 0 Å². The summed E-state index contributed by atoms with van der Waals surface area (Å²) in [6, 6.07) is 7.40. The van der Waals surface area contributed by atoms with Crippen molar-refractivity contribution in [3.63, 3.8) is 0 Å². The van der Waals surface area contributed by atoms with E-state index in [0.29, 0.717) is 17.9 Å². The van der Waals surface area contributed by atoms with Crippen LogP contribution in [0.5, 0.6) is 0 Å². The lowest BCUT2D eigenvalue weighted by Crippen LogP contribution is -2.27. The second-order valence-corrected chi connectivity index (χ2v) is 5.53. The molecule has 1 saturated heterocycles. The number of hydrogen-bond donors (Lipinski definition) is 1. The molecule has 1 aliphatic rings. The molecule has 0 spiro atoms. The number of ether oxygens (including phenoxy) is 1. The first-order chi connectivity index (χ1) is 9.15. The van der Waals surface area contributed by atoms with Crippen molar-refractivity contribution in [2.45, 2.75) is 38.2 Å². The maximum Gasteiger partial charge on any atom is 0.306 e. The van der Waals surface area contributed by atoms with Crippen molar-refractivity contribution in [3.8, 4) is 0 Å². The van der Waals surface area contributed by atoms with Crippen molar-refractivity contribution in [2.75, 3.05) is 6.61 Å². The van der Waals surface area contributed by atoms with E-state index in [4.69, 9.17) is 16.3 Å². The molecule has 2 rings (SSSR count). The van der Waals surface area contributed by atoms with E-state index >= 15 is 0 Å². The molecule has 0 radical (unpaired) electrons. The largest absolute Gasteiger partial charge is 0.481 e. The van der Waals surface area contributed by atoms with Gasteiger partial charge in [0.05, 0.1) is 12.0 Å². The van der Waals surface area contributed by atoms with Gasteiger partial charge < -0.3 is 9.84 Å². The van der Waals surface area contributed by atoms with Crippen molar-refractivity contribution < 1.29 is 14.6 Å². The molecular weight excluding hydrogens is 264 g/mol. The average Bonchev–Trinajstić information content (AvgIpc) is 2.39. The molecule has 104 valence electrons. The Morgan fingerprint density at radius 2 is 2.32 bits per heavy atom. The molecule has 0 aliphatic carbocycles. The third-order valence-electron chi connectivity index (χ3n) is 3.54. The second kappa shape index (κ2) is 6.92. The molecule has 1 aromatic rings. The zero-order valence-electron chi connectivity index (χ0n) is 10.8. The summed E-state index contributed by atoms with van der Waals surface area (Å²) >= 11 is 5.93. The normalized spacial score (nSPS) is 21.0. The highest BCUT2D eigenvalue weighted by atomic mass is 35.5. The average molecular weight is 283 g/mol. The Morgan fingerprint density at radius 3 is 2.95 bits per heavy atom. The molecule has 3 nitrogen and oxygen atoms in total. The smallest absolute Gasteiger partial charge is 0.306 e. The van der Waals surface area contributed by atoms with Crippen LogP contribution in [0.1, 0.15) is 31.2 Å². The molecule has 4 heteroatoms. The number of halogens is 1. The Bertz CT molecular complexity index is 427. The fraction of sp³-hybridized carbons (Fsp3) is 0.533. The molecule has 1 fully saturated rings. The predicted octanol–water partition coefficient (Wildman–Crippen LogP) is 3.54. The second-order valence-electron chi connectivity index (χ2n) is 5.09. The molecule has 19 heavy (non-hydrogen) atoms. The highest BCUT2D eigenvalue weighted by Gasteiger charge is 2.24. The predicted molar refractivity (Wildman–Crippen MR) is 74.5 cm³/mol. The first-order valence-electron chi connectivity index (χ1n) is 6.74. The van der Waals surface area contributed by atoms with Crippen molar-refractivity contribution >= 4 is 17.6 Å². The van der Waals surface area contributed by atoms with Gasteiger partial charge in [-0.15, -0.1) is 0 Å². The van der Waals surface area contributed by atoms with Gasteiger partial charge in [0.1, 0.15) is 0 Å². The van der Waals surface area contributed by atoms with Crippen LogP contribution in [0.15, 0.2) is 24.3 Å². The SMILES string of the molecule is O=C(O)C(Cc1cccc(Cl)c1)CC1CCCCO1. The van der Waals surface area contributed by atoms with Gasteiger partial charge in [-0.3, -0.25) is 4.79 Å². The van der Waals surface area contributed by atoms with Crippen LogP contribution in [0.4, 0.5) is 0 Å². The monoisotopic (exact) mass is 282 g/mol. The number of benzene rings is 1. The molecule has 1 aromatic carbocycles. The summed E-state index contributed by atoms with van der Waals surface area (Å²) in [4.78, 5) is 11.4. The Kier molecular flexibility index (Phi) is 5.23. The van der Waals surface area contributed by atoms with Gasteiger partial charge in [0.2, 0.25) is 0 Å². The summed E-state index contributed by atoms with van der Waals surface area (Å²) in [5, 5.41) is 9.99. The van der Waals surface area contributed by atoms with Crippen LogP contribution in [0.2, 0.25) is 5.02 Å². The Morgan fingerprint density at radius 1 is 1.47 bits per heavy atom. The molecular formula is C15H19ClO3. The standard InChI is InChI=1S/C15H19ClO3/c16-13-5-3-4-11(9-13)8-12(15(17)18)10-14-6-1-2-7-19-14/h3-5,9,12,14H,1-2,6-8,10H2,(H,17,18). The summed E-state index contributed by atoms with van der Waals surface area (Å²) in [6.07, 6.45) is 4.38. The molecule has 0 amide bonds. The molecule has 2 atom stereocenters. The lowest BCUT2D eigenvalue weighted by molar-refractivity contribution is -0.143. The van der Waals surface area contributed by atoms with E-state index in [1.807, 2.05) is 18.2 Å². The third kappa shape index (κ3) is 4.51. The molecule has 0 bridgehead atoms. The first kappa shape index (κ1) is 14.4. The Hall–Kier alpha value is -1.06. The van der Waals surface area contributed by atoms with E-state index < -0.39 is 11.9 Å². The Labute approximate surface area is 118 Å². The topological polar surface area (TPSA) is 46.5 Å². The fourth-order valence-electron chi connectivity index (χ4n) is 2.53. The minimum absolute atomic E-state index is 0.0917. The number of aliphatic carboxylic acids is 1. The van der Waals surface area contributed by atoms with Gasteiger partial charge in [-0.1, -0.05) is 23.7 Å². The molecule has 1 heterocycles. The van der Waals surface area contributed by atoms with Crippen LogP contribution >= 0.6 is 11.6 Å². The number of rotatable bonds is 5. The molecule has 0 aromatic heterocycles. The van der Waals surface area contributed by atoms with Crippen LogP contribution in [-0.2, 0) is 16.0 Å². The van der Waals surface area contributed by atoms with Gasteiger partial charge in [0.15, 0.2) is 0 Å². The summed E-state index contributed by atoms with van der Waals surface area (Å²) < 4.78 is 5.63. The maximum atomic E-state index is 11.4. The zero-order chi connectivity index (χ0) is 13.7. The summed E-state index contributed by atoms with van der Waals surface area (Å²) in [5.74, 6) is -1.16. The van der Waals surface area contributed by atoms with E-state index in [0.717, 1.165) is 31.4 Å². The quantitative estimate of drug-likeness (QED) is 0.898. The summed E-state index contributed by atoms with van der Waals surface area (Å²) in [7, 11) is 0. The summed E-state index contributed by atoms with van der Waals surface area (Å²) in [6.45, 7) is 0.758. The highest BCUT2D eigenvalue weighted by molar-refractivity contribution is 6.30. The number of hydrogen-bond acceptors (Lipinski definition) is 2. The van der Waals surface area contributed by atoms with E-state index in [9.17, 15) is 9.90 Å². The van der Waals surface area contributed by atoms with E-state index in [2.05, 4.69) is 0 Å². The van der Waals surface area contributed by atoms with Crippen molar-refractivity contribution in [1.29, 1.82) is 0 Å². The van der Waals surface area contributed by atoms with Crippen LogP contribution in [0.25, 0.3) is 0 Å². The van der Waals surface area contributed by atoms with Gasteiger partial charge in [-0.2, -0.15) is 0 Å². The molecule has 0 saturated carbocycles. The van der Waals surface area contributed by atoms with E-state index in [-0.39, 0.29) is 6.10 Å². The minimum atomic E-state index is -0.755. The van der Waals surface area contributed by atoms with Crippen LogP contribution < -0.4 is 0 Å². The highest BCUT2D eigenvalue weighted by Crippen LogP contribution is 2.23. The lowest BCUT2D eigenvalue weighted by Gasteiger charge is -2.25. The maximum absolute atomic E-state index is 11.4. The van der Waals surface area contributed by atoms with Crippen LogP contribution in [0, 0.1) is 5.92 Å². The van der Waals surface area contributed by atoms with Gasteiger partial charge >= 0.3 is 5.97 Å². The van der Waals surface area contributed by atoms with E-state index in [1.165, 1.54) is 0 Å². The molecule has 1 N–H and O–H groups in total. The number of carboxylic acids is 1. The lowest BCUT2D eigenvalue weighted by atomic mass is 9.91. The van der Waals surface area contributed by atoms with E-state index in [1.54, 1.807) is 6.07 Å². The number of carbonyl (C=O) groups is 1.